The van der Waals surface area contributed by atoms with Crippen LogP contribution in [0.4, 0.5) is 0 Å². The van der Waals surface area contributed by atoms with Gasteiger partial charge in [0, 0.05) is 32.2 Å². The highest BCUT2D eigenvalue weighted by Gasteiger charge is 2.32. The number of amides is 3. The molecule has 1 aliphatic heterocycles. The Hall–Kier alpha value is -1.92. The summed E-state index contributed by atoms with van der Waals surface area (Å²) < 4.78 is 0. The van der Waals surface area contributed by atoms with E-state index in [9.17, 15) is 19.2 Å². The van der Waals surface area contributed by atoms with Crippen molar-refractivity contribution >= 4 is 23.7 Å². The van der Waals surface area contributed by atoms with Gasteiger partial charge in [0.15, 0.2) is 0 Å². The monoisotopic (exact) mass is 286 g/mol. The van der Waals surface area contributed by atoms with Crippen LogP contribution >= 0.6 is 0 Å². The Balaban J connectivity index is 0.00000172. The van der Waals surface area contributed by atoms with Crippen LogP contribution in [0, 0.1) is 0 Å². The number of rotatable bonds is 6. The molecular formula is C13H22N2O5. The molecule has 0 radical (unpaired) electrons. The average Bonchev–Trinajstić information content (AvgIpc) is 2.73. The van der Waals surface area contributed by atoms with E-state index in [1.54, 1.807) is 6.92 Å². The molecule has 0 unspecified atom stereocenters. The van der Waals surface area contributed by atoms with Crippen LogP contribution in [0.3, 0.4) is 0 Å². The molecule has 1 fully saturated rings. The maximum Gasteiger partial charge on any atom is 0.333 e. The third-order valence-electron chi connectivity index (χ3n) is 2.36. The summed E-state index contributed by atoms with van der Waals surface area (Å²) in [6.45, 7) is 6.34. The maximum absolute atomic E-state index is 11.3. The Labute approximate surface area is 118 Å². The van der Waals surface area contributed by atoms with Gasteiger partial charge in [-0.1, -0.05) is 13.8 Å². The van der Waals surface area contributed by atoms with Crippen molar-refractivity contribution in [2.45, 2.75) is 52.9 Å². The van der Waals surface area contributed by atoms with E-state index < -0.39 is 17.8 Å². The molecule has 0 saturated carbocycles. The number of nitrogens with zero attached hydrogens (tertiary/aromatic N) is 1. The molecule has 20 heavy (non-hydrogen) atoms. The van der Waals surface area contributed by atoms with E-state index in [0.29, 0.717) is 18.0 Å². The number of carbonyl (C=O) groups is 4. The fraction of sp³-hybridized carbons (Fsp3) is 0.692. The number of hydrogen-bond donors (Lipinski definition) is 1. The Morgan fingerprint density at radius 3 is 2.20 bits per heavy atom. The largest absolute Gasteiger partial charge is 0.356 e. The van der Waals surface area contributed by atoms with E-state index >= 15 is 0 Å². The van der Waals surface area contributed by atoms with Gasteiger partial charge in [-0.05, 0) is 13.3 Å². The highest BCUT2D eigenvalue weighted by atomic mass is 16.7. The normalized spacial score (nSPS) is 13.7. The number of hydrogen-bond acceptors (Lipinski definition) is 5. The zero-order valence-corrected chi connectivity index (χ0v) is 12.2. The van der Waals surface area contributed by atoms with E-state index in [1.165, 1.54) is 0 Å². The molecule has 7 heteroatoms. The van der Waals surface area contributed by atoms with Crippen molar-refractivity contribution in [1.82, 2.24) is 10.4 Å². The molecule has 1 rings (SSSR count). The van der Waals surface area contributed by atoms with Gasteiger partial charge in [0.05, 0.1) is 0 Å². The van der Waals surface area contributed by atoms with Crippen molar-refractivity contribution < 1.29 is 24.0 Å². The van der Waals surface area contributed by atoms with Crippen LogP contribution in [0.15, 0.2) is 0 Å². The Morgan fingerprint density at radius 2 is 1.70 bits per heavy atom. The van der Waals surface area contributed by atoms with E-state index in [4.69, 9.17) is 0 Å². The predicted molar refractivity (Wildman–Crippen MR) is 71.1 cm³/mol. The first-order valence-corrected chi connectivity index (χ1v) is 6.88. The third-order valence-corrected chi connectivity index (χ3v) is 2.36. The number of carbonyl (C=O) groups excluding carboxylic acids is 4. The van der Waals surface area contributed by atoms with Crippen LogP contribution in [-0.2, 0) is 24.0 Å². The fourth-order valence-corrected chi connectivity index (χ4v) is 1.48. The van der Waals surface area contributed by atoms with Gasteiger partial charge < -0.3 is 10.2 Å². The van der Waals surface area contributed by atoms with E-state index in [2.05, 4.69) is 10.2 Å². The zero-order valence-electron chi connectivity index (χ0n) is 12.2. The van der Waals surface area contributed by atoms with Crippen molar-refractivity contribution in [2.75, 3.05) is 6.54 Å². The van der Waals surface area contributed by atoms with E-state index in [-0.39, 0.29) is 31.6 Å². The lowest BCUT2D eigenvalue weighted by Crippen LogP contribution is -2.32. The van der Waals surface area contributed by atoms with Crippen molar-refractivity contribution in [3.05, 3.63) is 0 Å². The van der Waals surface area contributed by atoms with Gasteiger partial charge in [0.2, 0.25) is 5.91 Å². The highest BCUT2D eigenvalue weighted by molar-refractivity contribution is 6.01. The van der Waals surface area contributed by atoms with Gasteiger partial charge in [-0.25, -0.2) is 4.79 Å². The lowest BCUT2D eigenvalue weighted by atomic mass is 10.2. The summed E-state index contributed by atoms with van der Waals surface area (Å²) in [5.41, 5.74) is 0. The maximum atomic E-state index is 11.3. The fourth-order valence-electron chi connectivity index (χ4n) is 1.48. The molecule has 0 aromatic carbocycles. The van der Waals surface area contributed by atoms with Gasteiger partial charge in [-0.3, -0.25) is 14.4 Å². The molecule has 1 aliphatic rings. The molecule has 0 aromatic rings. The lowest BCUT2D eigenvalue weighted by Gasteiger charge is -2.12. The van der Waals surface area contributed by atoms with Crippen LogP contribution in [-0.4, -0.2) is 35.3 Å². The molecule has 0 bridgehead atoms. The SMILES string of the molecule is CC.CCNC(=O)CCCC(=O)ON1C(=O)CCC1=O. The molecule has 0 spiro atoms. The van der Waals surface area contributed by atoms with E-state index in [1.807, 2.05) is 13.8 Å². The number of imide groups is 1. The molecule has 0 aliphatic carbocycles. The zero-order chi connectivity index (χ0) is 15.5. The van der Waals surface area contributed by atoms with Crippen molar-refractivity contribution in [1.29, 1.82) is 0 Å². The summed E-state index contributed by atoms with van der Waals surface area (Å²) in [6.07, 6.45) is 0.677. The highest BCUT2D eigenvalue weighted by Crippen LogP contribution is 2.13. The minimum Gasteiger partial charge on any atom is -0.356 e. The molecule has 1 saturated heterocycles. The summed E-state index contributed by atoms with van der Waals surface area (Å²) in [4.78, 5) is 49.4. The van der Waals surface area contributed by atoms with Gasteiger partial charge in [-0.2, -0.15) is 0 Å². The van der Waals surface area contributed by atoms with Crippen LogP contribution in [0.2, 0.25) is 0 Å². The summed E-state index contributed by atoms with van der Waals surface area (Å²) in [5, 5.41) is 3.11. The van der Waals surface area contributed by atoms with Gasteiger partial charge in [0.25, 0.3) is 11.8 Å². The number of hydroxylamine groups is 2. The van der Waals surface area contributed by atoms with E-state index in [0.717, 1.165) is 0 Å². The number of nitrogens with one attached hydrogen (secondary N) is 1. The smallest absolute Gasteiger partial charge is 0.333 e. The van der Waals surface area contributed by atoms with Crippen molar-refractivity contribution in [2.24, 2.45) is 0 Å². The topological polar surface area (TPSA) is 92.8 Å². The first-order chi connectivity index (χ1) is 9.54. The molecule has 0 atom stereocenters. The Bertz CT molecular complexity index is 352. The van der Waals surface area contributed by atoms with Crippen LogP contribution in [0.1, 0.15) is 52.9 Å². The van der Waals surface area contributed by atoms with Gasteiger partial charge >= 0.3 is 5.97 Å². The first-order valence-electron chi connectivity index (χ1n) is 6.88. The second-order valence-corrected chi connectivity index (χ2v) is 3.85. The second kappa shape index (κ2) is 9.94. The van der Waals surface area contributed by atoms with Crippen molar-refractivity contribution in [3.8, 4) is 0 Å². The van der Waals surface area contributed by atoms with Crippen molar-refractivity contribution in [3.63, 3.8) is 0 Å². The van der Waals surface area contributed by atoms with Crippen LogP contribution in [0.5, 0.6) is 0 Å². The lowest BCUT2D eigenvalue weighted by molar-refractivity contribution is -0.197. The molecular weight excluding hydrogens is 264 g/mol. The van der Waals surface area contributed by atoms with Crippen LogP contribution < -0.4 is 5.32 Å². The van der Waals surface area contributed by atoms with Crippen LogP contribution in [0.25, 0.3) is 0 Å². The average molecular weight is 286 g/mol. The standard InChI is InChI=1S/C11H16N2O5.C2H6/c1-2-12-8(14)4-3-5-11(17)18-13-9(15)6-7-10(13)16;1-2/h2-7H2,1H3,(H,12,14);1-2H3. The van der Waals surface area contributed by atoms with Gasteiger partial charge in [-0.15, -0.1) is 5.06 Å². The molecule has 1 N–H and O–H groups in total. The first kappa shape index (κ1) is 18.1. The molecule has 114 valence electrons. The minimum atomic E-state index is -0.678. The molecule has 0 aromatic heterocycles. The summed E-state index contributed by atoms with van der Waals surface area (Å²) in [6, 6.07) is 0. The molecule has 7 nitrogen and oxygen atoms in total. The summed E-state index contributed by atoms with van der Waals surface area (Å²) in [5.74, 6) is -1.82. The Kier molecular flexibility index (Phi) is 8.98. The van der Waals surface area contributed by atoms with Gasteiger partial charge in [0.1, 0.15) is 0 Å². The quantitative estimate of drug-likeness (QED) is 0.733. The Morgan fingerprint density at radius 1 is 1.15 bits per heavy atom. The minimum absolute atomic E-state index is 0.00576. The predicted octanol–water partition coefficient (Wildman–Crippen LogP) is 0.926. The molecule has 1 heterocycles. The third kappa shape index (κ3) is 6.31. The summed E-state index contributed by atoms with van der Waals surface area (Å²) >= 11 is 0. The molecule has 3 amide bonds. The second-order valence-electron chi connectivity index (χ2n) is 3.85. The summed E-state index contributed by atoms with van der Waals surface area (Å²) in [7, 11) is 0.